The monoisotopic (exact) mass is 233 g/mol. The second-order valence-corrected chi connectivity index (χ2v) is 4.01. The van der Waals surface area contributed by atoms with Crippen molar-refractivity contribution in [2.24, 2.45) is 0 Å². The maximum Gasteiger partial charge on any atom is 0.121 e. The highest BCUT2D eigenvalue weighted by Crippen LogP contribution is 2.15. The summed E-state index contributed by atoms with van der Waals surface area (Å²) in [6, 6.07) is 10.2. The van der Waals surface area contributed by atoms with Crippen LogP contribution in [0.3, 0.4) is 0 Å². The second kappa shape index (κ2) is 5.84. The Bertz CT molecular complexity index is 661. The molecular formula is C17H15N. The molecule has 0 aliphatic carbocycles. The van der Waals surface area contributed by atoms with E-state index in [1.807, 2.05) is 50.3 Å². The molecule has 0 spiro atoms. The van der Waals surface area contributed by atoms with Gasteiger partial charge in [0.05, 0.1) is 0 Å². The molecule has 1 aromatic heterocycles. The van der Waals surface area contributed by atoms with Gasteiger partial charge in [-0.25, -0.2) is 4.98 Å². The Balaban J connectivity index is 2.41. The fourth-order valence-electron chi connectivity index (χ4n) is 1.66. The van der Waals surface area contributed by atoms with Crippen molar-refractivity contribution in [3.8, 4) is 11.8 Å². The number of fused-ring (bicyclic) bond motifs is 1. The molecule has 0 N–H and O–H groups in total. The summed E-state index contributed by atoms with van der Waals surface area (Å²) in [5.41, 5.74) is 1.86. The van der Waals surface area contributed by atoms with Gasteiger partial charge in [0, 0.05) is 11.6 Å². The molecule has 0 unspecified atom stereocenters. The molecule has 0 saturated heterocycles. The van der Waals surface area contributed by atoms with Crippen molar-refractivity contribution in [2.45, 2.75) is 13.8 Å². The fourth-order valence-corrected chi connectivity index (χ4v) is 1.66. The molecule has 1 aromatic carbocycles. The molecule has 0 atom stereocenters. The molecule has 0 fully saturated rings. The number of rotatable bonds is 1. The highest BCUT2D eigenvalue weighted by molar-refractivity contribution is 5.86. The van der Waals surface area contributed by atoms with Crippen LogP contribution in [0, 0.1) is 11.8 Å². The quantitative estimate of drug-likeness (QED) is 0.533. The third-order valence-corrected chi connectivity index (χ3v) is 2.59. The zero-order valence-corrected chi connectivity index (χ0v) is 10.6. The fraction of sp³-hybridized carbons (Fsp3) is 0.118. The maximum atomic E-state index is 4.34. The first-order valence-corrected chi connectivity index (χ1v) is 5.96. The molecular weight excluding hydrogens is 218 g/mol. The largest absolute Gasteiger partial charge is 0.247 e. The van der Waals surface area contributed by atoms with E-state index in [9.17, 15) is 0 Å². The number of hydrogen-bond acceptors (Lipinski definition) is 1. The van der Waals surface area contributed by atoms with Crippen molar-refractivity contribution in [3.63, 3.8) is 0 Å². The van der Waals surface area contributed by atoms with Crippen molar-refractivity contribution in [3.05, 3.63) is 66.0 Å². The minimum Gasteiger partial charge on any atom is -0.247 e. The minimum atomic E-state index is 0.835. The van der Waals surface area contributed by atoms with Gasteiger partial charge in [-0.15, -0.1) is 0 Å². The van der Waals surface area contributed by atoms with Gasteiger partial charge in [-0.05, 0) is 36.8 Å². The minimum absolute atomic E-state index is 0.835. The molecule has 2 aromatic rings. The smallest absolute Gasteiger partial charge is 0.121 e. The Morgan fingerprint density at radius 3 is 2.89 bits per heavy atom. The Morgan fingerprint density at radius 2 is 2.06 bits per heavy atom. The maximum absolute atomic E-state index is 4.34. The lowest BCUT2D eigenvalue weighted by atomic mass is 10.1. The molecule has 1 nitrogen and oxygen atoms in total. The normalized spacial score (nSPS) is 11.6. The molecule has 0 bridgehead atoms. The predicted molar refractivity (Wildman–Crippen MR) is 77.2 cm³/mol. The summed E-state index contributed by atoms with van der Waals surface area (Å²) in [7, 11) is 0. The average molecular weight is 233 g/mol. The molecule has 0 amide bonds. The summed E-state index contributed by atoms with van der Waals surface area (Å²) in [5.74, 6) is 6.26. The zero-order chi connectivity index (χ0) is 12.8. The van der Waals surface area contributed by atoms with Crippen molar-refractivity contribution in [1.82, 2.24) is 4.98 Å². The summed E-state index contributed by atoms with van der Waals surface area (Å²) in [5, 5.41) is 2.28. The summed E-state index contributed by atoms with van der Waals surface area (Å²) >= 11 is 0. The van der Waals surface area contributed by atoms with Crippen LogP contribution in [0.25, 0.3) is 10.8 Å². The van der Waals surface area contributed by atoms with Gasteiger partial charge in [-0.2, -0.15) is 0 Å². The number of hydrogen-bond donors (Lipinski definition) is 0. The van der Waals surface area contributed by atoms with Crippen molar-refractivity contribution in [2.75, 3.05) is 0 Å². The molecule has 0 aliphatic rings. The first-order chi connectivity index (χ1) is 8.81. The van der Waals surface area contributed by atoms with Crippen LogP contribution in [0.4, 0.5) is 0 Å². The molecule has 1 heteroatoms. The van der Waals surface area contributed by atoms with Crippen LogP contribution in [-0.2, 0) is 0 Å². The van der Waals surface area contributed by atoms with E-state index in [4.69, 9.17) is 0 Å². The van der Waals surface area contributed by atoms with Gasteiger partial charge >= 0.3 is 0 Å². The molecule has 18 heavy (non-hydrogen) atoms. The predicted octanol–water partition coefficient (Wildman–Crippen LogP) is 4.11. The molecule has 2 rings (SSSR count). The molecule has 88 valence electrons. The van der Waals surface area contributed by atoms with Crippen LogP contribution in [0.5, 0.6) is 0 Å². The SMILES string of the molecule is CC=CC=C(C)C#Cc1nccc2ccccc12. The van der Waals surface area contributed by atoms with Crippen molar-refractivity contribution >= 4 is 10.8 Å². The highest BCUT2D eigenvalue weighted by atomic mass is 14.7. The number of aromatic nitrogens is 1. The van der Waals surface area contributed by atoms with Gasteiger partial charge in [-0.1, -0.05) is 48.4 Å². The van der Waals surface area contributed by atoms with E-state index in [0.717, 1.165) is 16.7 Å². The zero-order valence-electron chi connectivity index (χ0n) is 10.6. The van der Waals surface area contributed by atoms with E-state index in [-0.39, 0.29) is 0 Å². The Morgan fingerprint density at radius 1 is 1.22 bits per heavy atom. The lowest BCUT2D eigenvalue weighted by molar-refractivity contribution is 1.32. The van der Waals surface area contributed by atoms with Crippen LogP contribution < -0.4 is 0 Å². The van der Waals surface area contributed by atoms with Gasteiger partial charge in [0.15, 0.2) is 0 Å². The van der Waals surface area contributed by atoms with Gasteiger partial charge in [0.2, 0.25) is 0 Å². The standard InChI is InChI=1S/C17H15N/c1-3-4-7-14(2)10-11-17-16-9-6-5-8-15(16)12-13-18-17/h3-9,12-13H,1-2H3. The average Bonchev–Trinajstić information content (AvgIpc) is 2.42. The molecule has 0 radical (unpaired) electrons. The molecule has 0 aliphatic heterocycles. The second-order valence-electron chi connectivity index (χ2n) is 4.01. The van der Waals surface area contributed by atoms with Crippen LogP contribution in [0.1, 0.15) is 19.5 Å². The summed E-state index contributed by atoms with van der Waals surface area (Å²) in [6.07, 6.45) is 7.78. The summed E-state index contributed by atoms with van der Waals surface area (Å²) in [4.78, 5) is 4.34. The molecule has 0 saturated carbocycles. The van der Waals surface area contributed by atoms with Gasteiger partial charge < -0.3 is 0 Å². The first kappa shape index (κ1) is 12.1. The van der Waals surface area contributed by atoms with Gasteiger partial charge in [0.25, 0.3) is 0 Å². The van der Waals surface area contributed by atoms with E-state index in [0.29, 0.717) is 0 Å². The first-order valence-electron chi connectivity index (χ1n) is 5.96. The third kappa shape index (κ3) is 2.87. The van der Waals surface area contributed by atoms with Crippen molar-refractivity contribution < 1.29 is 0 Å². The van der Waals surface area contributed by atoms with Crippen LogP contribution >= 0.6 is 0 Å². The van der Waals surface area contributed by atoms with E-state index < -0.39 is 0 Å². The number of allylic oxidation sites excluding steroid dienone is 4. The van der Waals surface area contributed by atoms with Gasteiger partial charge in [0.1, 0.15) is 5.69 Å². The highest BCUT2D eigenvalue weighted by Gasteiger charge is 1.97. The number of nitrogens with zero attached hydrogens (tertiary/aromatic N) is 1. The van der Waals surface area contributed by atoms with E-state index in [2.05, 4.69) is 29.0 Å². The van der Waals surface area contributed by atoms with Crippen LogP contribution in [0.15, 0.2) is 60.3 Å². The van der Waals surface area contributed by atoms with Crippen LogP contribution in [-0.4, -0.2) is 4.98 Å². The number of pyridine rings is 1. The molecule has 1 heterocycles. The summed E-state index contributed by atoms with van der Waals surface area (Å²) in [6.45, 7) is 3.99. The lowest BCUT2D eigenvalue weighted by Crippen LogP contribution is -1.84. The lowest BCUT2D eigenvalue weighted by Gasteiger charge is -1.98. The Labute approximate surface area is 108 Å². The summed E-state index contributed by atoms with van der Waals surface area (Å²) < 4.78 is 0. The topological polar surface area (TPSA) is 12.9 Å². The Hall–Kier alpha value is -2.33. The van der Waals surface area contributed by atoms with E-state index >= 15 is 0 Å². The van der Waals surface area contributed by atoms with Crippen LogP contribution in [0.2, 0.25) is 0 Å². The van der Waals surface area contributed by atoms with Crippen molar-refractivity contribution in [1.29, 1.82) is 0 Å². The Kier molecular flexibility index (Phi) is 3.94. The van der Waals surface area contributed by atoms with E-state index in [1.165, 1.54) is 5.39 Å². The van der Waals surface area contributed by atoms with Gasteiger partial charge in [-0.3, -0.25) is 0 Å². The third-order valence-electron chi connectivity index (χ3n) is 2.59. The number of benzene rings is 1. The van der Waals surface area contributed by atoms with E-state index in [1.54, 1.807) is 6.20 Å².